The molecule has 0 fully saturated rings. The first-order valence-electron chi connectivity index (χ1n) is 6.34. The van der Waals surface area contributed by atoms with E-state index in [9.17, 15) is 4.79 Å². The van der Waals surface area contributed by atoms with Gasteiger partial charge in [-0.25, -0.2) is 0 Å². The van der Waals surface area contributed by atoms with Gasteiger partial charge in [0.25, 0.3) is 5.91 Å². The molecule has 1 N–H and O–H groups in total. The summed E-state index contributed by atoms with van der Waals surface area (Å²) in [6, 6.07) is 15.5. The number of carbonyl (C=O) groups is 1. The summed E-state index contributed by atoms with van der Waals surface area (Å²) in [4.78, 5) is 11.7. The number of nitrogens with one attached hydrogen (secondary N) is 1. The number of amides is 1. The first kappa shape index (κ1) is 14.6. The van der Waals surface area contributed by atoms with Crippen molar-refractivity contribution in [2.45, 2.75) is 13.5 Å². The number of hydrogen-bond acceptors (Lipinski definition) is 2. The van der Waals surface area contributed by atoms with Gasteiger partial charge in [-0.15, -0.1) is 0 Å². The third kappa shape index (κ3) is 4.70. The Hall–Kier alpha value is -1.81. The maximum absolute atomic E-state index is 11.7. The lowest BCUT2D eigenvalue weighted by Gasteiger charge is -2.08. The molecule has 20 heavy (non-hydrogen) atoms. The summed E-state index contributed by atoms with van der Waals surface area (Å²) in [5, 5.41) is 2.84. The van der Waals surface area contributed by atoms with Crippen molar-refractivity contribution in [1.29, 1.82) is 0 Å². The van der Waals surface area contributed by atoms with Crippen LogP contribution in [0.3, 0.4) is 0 Å². The molecule has 0 atom stereocenters. The predicted octanol–water partition coefficient (Wildman–Crippen LogP) is 3.45. The van der Waals surface area contributed by atoms with E-state index in [-0.39, 0.29) is 12.5 Å². The van der Waals surface area contributed by atoms with E-state index < -0.39 is 0 Å². The van der Waals surface area contributed by atoms with E-state index in [1.807, 2.05) is 49.4 Å². The van der Waals surface area contributed by atoms with Crippen LogP contribution < -0.4 is 10.1 Å². The number of carbonyl (C=O) groups excluding carboxylic acids is 1. The van der Waals surface area contributed by atoms with Crippen LogP contribution >= 0.6 is 15.9 Å². The van der Waals surface area contributed by atoms with Crippen molar-refractivity contribution in [2.24, 2.45) is 0 Å². The highest BCUT2D eigenvalue weighted by atomic mass is 79.9. The smallest absolute Gasteiger partial charge is 0.258 e. The lowest BCUT2D eigenvalue weighted by atomic mass is 10.1. The molecule has 0 unspecified atom stereocenters. The molecule has 0 saturated heterocycles. The van der Waals surface area contributed by atoms with Gasteiger partial charge >= 0.3 is 0 Å². The van der Waals surface area contributed by atoms with E-state index in [4.69, 9.17) is 4.74 Å². The Balaban J connectivity index is 1.78. The van der Waals surface area contributed by atoms with Crippen LogP contribution in [0.2, 0.25) is 0 Å². The minimum Gasteiger partial charge on any atom is -0.484 e. The molecule has 3 nitrogen and oxygen atoms in total. The van der Waals surface area contributed by atoms with Crippen LogP contribution in [0.15, 0.2) is 53.0 Å². The lowest BCUT2D eigenvalue weighted by Crippen LogP contribution is -2.28. The highest BCUT2D eigenvalue weighted by Gasteiger charge is 2.03. The predicted molar refractivity (Wildman–Crippen MR) is 82.7 cm³/mol. The standard InChI is InChI=1S/C16H16BrNO2/c1-12-4-2-5-13(8-12)10-18-16(19)11-20-15-7-3-6-14(17)9-15/h2-9H,10-11H2,1H3,(H,18,19). The summed E-state index contributed by atoms with van der Waals surface area (Å²) >= 11 is 3.36. The van der Waals surface area contributed by atoms with Crippen molar-refractivity contribution in [3.63, 3.8) is 0 Å². The Labute approximate surface area is 127 Å². The van der Waals surface area contributed by atoms with Gasteiger partial charge in [-0.05, 0) is 30.7 Å². The minimum absolute atomic E-state index is 0.0161. The zero-order chi connectivity index (χ0) is 14.4. The van der Waals surface area contributed by atoms with Gasteiger partial charge in [-0.1, -0.05) is 51.8 Å². The second-order valence-corrected chi connectivity index (χ2v) is 5.43. The Kier molecular flexibility index (Phi) is 5.18. The quantitative estimate of drug-likeness (QED) is 0.910. The van der Waals surface area contributed by atoms with Gasteiger partial charge in [-0.3, -0.25) is 4.79 Å². The van der Waals surface area contributed by atoms with E-state index in [0.29, 0.717) is 12.3 Å². The molecule has 0 bridgehead atoms. The molecule has 4 heteroatoms. The first-order chi connectivity index (χ1) is 9.63. The molecule has 0 aliphatic carbocycles. The Morgan fingerprint density at radius 2 is 2.00 bits per heavy atom. The molecule has 0 heterocycles. The van der Waals surface area contributed by atoms with Crippen LogP contribution in [0.25, 0.3) is 0 Å². The van der Waals surface area contributed by atoms with E-state index in [1.54, 1.807) is 0 Å². The number of halogens is 1. The Morgan fingerprint density at radius 3 is 2.75 bits per heavy atom. The van der Waals surface area contributed by atoms with Gasteiger partial charge in [0.05, 0.1) is 0 Å². The van der Waals surface area contributed by atoms with Crippen molar-refractivity contribution in [3.8, 4) is 5.75 Å². The summed E-state index contributed by atoms with van der Waals surface area (Å²) in [7, 11) is 0. The third-order valence-electron chi connectivity index (χ3n) is 2.74. The Bertz CT molecular complexity index is 547. The molecule has 104 valence electrons. The normalized spacial score (nSPS) is 10.1. The van der Waals surface area contributed by atoms with Crippen LogP contribution in [-0.2, 0) is 11.3 Å². The van der Waals surface area contributed by atoms with Crippen LogP contribution in [0.5, 0.6) is 5.75 Å². The molecule has 2 aromatic rings. The van der Waals surface area contributed by atoms with Gasteiger partial charge < -0.3 is 10.1 Å². The molecule has 0 spiro atoms. The van der Waals surface area contributed by atoms with Crippen molar-refractivity contribution in [3.05, 3.63) is 64.1 Å². The number of hydrogen-bond donors (Lipinski definition) is 1. The maximum Gasteiger partial charge on any atom is 0.258 e. The fourth-order valence-corrected chi connectivity index (χ4v) is 2.16. The van der Waals surface area contributed by atoms with Gasteiger partial charge in [-0.2, -0.15) is 0 Å². The summed E-state index contributed by atoms with van der Waals surface area (Å²) in [6.07, 6.45) is 0. The number of aryl methyl sites for hydroxylation is 1. The second-order valence-electron chi connectivity index (χ2n) is 4.51. The topological polar surface area (TPSA) is 38.3 Å². The molecule has 0 radical (unpaired) electrons. The highest BCUT2D eigenvalue weighted by molar-refractivity contribution is 9.10. The SMILES string of the molecule is Cc1cccc(CNC(=O)COc2cccc(Br)c2)c1. The molecule has 1 amide bonds. The van der Waals surface area contributed by atoms with Crippen LogP contribution in [-0.4, -0.2) is 12.5 Å². The molecule has 0 aromatic heterocycles. The molecular weight excluding hydrogens is 318 g/mol. The second kappa shape index (κ2) is 7.10. The number of benzene rings is 2. The molecule has 2 aromatic carbocycles. The van der Waals surface area contributed by atoms with Crippen molar-refractivity contribution >= 4 is 21.8 Å². The van der Waals surface area contributed by atoms with Gasteiger partial charge in [0.15, 0.2) is 6.61 Å². The van der Waals surface area contributed by atoms with E-state index in [0.717, 1.165) is 10.0 Å². The zero-order valence-electron chi connectivity index (χ0n) is 11.2. The summed E-state index contributed by atoms with van der Waals surface area (Å²) in [5.41, 5.74) is 2.27. The van der Waals surface area contributed by atoms with Crippen molar-refractivity contribution in [1.82, 2.24) is 5.32 Å². The van der Waals surface area contributed by atoms with Crippen LogP contribution in [0.1, 0.15) is 11.1 Å². The number of ether oxygens (including phenoxy) is 1. The minimum atomic E-state index is -0.133. The summed E-state index contributed by atoms with van der Waals surface area (Å²) in [6.45, 7) is 2.56. The zero-order valence-corrected chi connectivity index (χ0v) is 12.8. The van der Waals surface area contributed by atoms with E-state index >= 15 is 0 Å². The summed E-state index contributed by atoms with van der Waals surface area (Å²) in [5.74, 6) is 0.538. The lowest BCUT2D eigenvalue weighted by molar-refractivity contribution is -0.123. The van der Waals surface area contributed by atoms with Crippen LogP contribution in [0, 0.1) is 6.92 Å². The average Bonchev–Trinajstić information content (AvgIpc) is 2.43. The van der Waals surface area contributed by atoms with Crippen molar-refractivity contribution in [2.75, 3.05) is 6.61 Å². The molecular formula is C16H16BrNO2. The molecule has 0 aliphatic rings. The van der Waals surface area contributed by atoms with Crippen LogP contribution in [0.4, 0.5) is 0 Å². The fourth-order valence-electron chi connectivity index (χ4n) is 1.78. The fraction of sp³-hybridized carbons (Fsp3) is 0.188. The highest BCUT2D eigenvalue weighted by Crippen LogP contribution is 2.17. The molecule has 0 saturated carbocycles. The monoisotopic (exact) mass is 333 g/mol. The van der Waals surface area contributed by atoms with E-state index in [1.165, 1.54) is 5.56 Å². The van der Waals surface area contributed by atoms with Gasteiger partial charge in [0, 0.05) is 11.0 Å². The molecule has 0 aliphatic heterocycles. The van der Waals surface area contributed by atoms with Crippen molar-refractivity contribution < 1.29 is 9.53 Å². The number of rotatable bonds is 5. The largest absolute Gasteiger partial charge is 0.484 e. The van der Waals surface area contributed by atoms with Gasteiger partial charge in [0.2, 0.25) is 0 Å². The third-order valence-corrected chi connectivity index (χ3v) is 3.23. The first-order valence-corrected chi connectivity index (χ1v) is 7.13. The summed E-state index contributed by atoms with van der Waals surface area (Å²) < 4.78 is 6.34. The maximum atomic E-state index is 11.7. The molecule has 2 rings (SSSR count). The Morgan fingerprint density at radius 1 is 1.20 bits per heavy atom. The average molecular weight is 334 g/mol. The van der Waals surface area contributed by atoms with E-state index in [2.05, 4.69) is 27.3 Å². The van der Waals surface area contributed by atoms with Gasteiger partial charge in [0.1, 0.15) is 5.75 Å².